The summed E-state index contributed by atoms with van der Waals surface area (Å²) < 4.78 is 5.28. The maximum absolute atomic E-state index is 5.28. The largest absolute Gasteiger partial charge is 0.381 e. The lowest BCUT2D eigenvalue weighted by Crippen LogP contribution is -2.19. The summed E-state index contributed by atoms with van der Waals surface area (Å²) in [5.74, 6) is 3.39. The van der Waals surface area contributed by atoms with Crippen molar-refractivity contribution in [3.05, 3.63) is 0 Å². The maximum atomic E-state index is 5.28. The second-order valence-corrected chi connectivity index (χ2v) is 3.22. The van der Waals surface area contributed by atoms with Crippen LogP contribution < -0.4 is 5.32 Å². The zero-order valence-corrected chi connectivity index (χ0v) is 7.51. The molecule has 68 valence electrons. The Morgan fingerprint density at radius 2 is 2.42 bits per heavy atom. The van der Waals surface area contributed by atoms with Crippen LogP contribution in [0, 0.1) is 18.3 Å². The van der Waals surface area contributed by atoms with Gasteiger partial charge in [0.25, 0.3) is 0 Å². The molecule has 1 aliphatic rings. The average molecular weight is 167 g/mol. The predicted octanol–water partition coefficient (Wildman–Crippen LogP) is 1.03. The molecule has 0 aromatic heterocycles. The fraction of sp³-hybridized carbons (Fsp3) is 0.800. The first-order chi connectivity index (χ1) is 5.93. The van der Waals surface area contributed by atoms with E-state index in [9.17, 15) is 0 Å². The van der Waals surface area contributed by atoms with Crippen molar-refractivity contribution in [2.75, 3.05) is 26.3 Å². The van der Waals surface area contributed by atoms with E-state index >= 15 is 0 Å². The minimum atomic E-state index is 0.781. The first-order valence-corrected chi connectivity index (χ1v) is 4.65. The second-order valence-electron chi connectivity index (χ2n) is 3.22. The molecule has 0 aromatic rings. The Labute approximate surface area is 74.7 Å². The SMILES string of the molecule is C#CCCNCCC1CCOC1. The lowest BCUT2D eigenvalue weighted by Gasteiger charge is -2.06. The fourth-order valence-electron chi connectivity index (χ4n) is 1.40. The van der Waals surface area contributed by atoms with Gasteiger partial charge in [-0.15, -0.1) is 12.3 Å². The quantitative estimate of drug-likeness (QED) is 0.487. The molecule has 1 N–H and O–H groups in total. The van der Waals surface area contributed by atoms with Gasteiger partial charge in [-0.25, -0.2) is 0 Å². The first kappa shape index (κ1) is 9.57. The van der Waals surface area contributed by atoms with Gasteiger partial charge in [-0.1, -0.05) is 0 Å². The Bertz CT molecular complexity index is 144. The molecule has 1 unspecified atom stereocenters. The summed E-state index contributed by atoms with van der Waals surface area (Å²) in [4.78, 5) is 0. The lowest BCUT2D eigenvalue weighted by molar-refractivity contribution is 0.184. The molecule has 0 radical (unpaired) electrons. The van der Waals surface area contributed by atoms with Gasteiger partial charge in [0, 0.05) is 26.2 Å². The highest BCUT2D eigenvalue weighted by Crippen LogP contribution is 2.14. The zero-order valence-electron chi connectivity index (χ0n) is 7.51. The summed E-state index contributed by atoms with van der Waals surface area (Å²) in [5, 5.41) is 3.32. The van der Waals surface area contributed by atoms with Crippen molar-refractivity contribution in [2.45, 2.75) is 19.3 Å². The fourth-order valence-corrected chi connectivity index (χ4v) is 1.40. The molecule has 1 fully saturated rings. The number of nitrogens with one attached hydrogen (secondary N) is 1. The van der Waals surface area contributed by atoms with Crippen LogP contribution in [0.2, 0.25) is 0 Å². The van der Waals surface area contributed by atoms with Crippen molar-refractivity contribution in [3.8, 4) is 12.3 Å². The Hall–Kier alpha value is -0.520. The molecule has 0 bridgehead atoms. The zero-order chi connectivity index (χ0) is 8.65. The van der Waals surface area contributed by atoms with Gasteiger partial charge in [0.1, 0.15) is 0 Å². The molecule has 0 amide bonds. The summed E-state index contributed by atoms with van der Waals surface area (Å²) in [7, 11) is 0. The number of hydrogen-bond donors (Lipinski definition) is 1. The van der Waals surface area contributed by atoms with Crippen molar-refractivity contribution in [3.63, 3.8) is 0 Å². The van der Waals surface area contributed by atoms with Crippen LogP contribution in [0.25, 0.3) is 0 Å². The molecule has 0 aliphatic carbocycles. The molecular formula is C10H17NO. The van der Waals surface area contributed by atoms with E-state index < -0.39 is 0 Å². The van der Waals surface area contributed by atoms with Crippen molar-refractivity contribution in [2.24, 2.45) is 5.92 Å². The Morgan fingerprint density at radius 1 is 1.50 bits per heavy atom. The highest BCUT2D eigenvalue weighted by Gasteiger charge is 2.14. The highest BCUT2D eigenvalue weighted by molar-refractivity contribution is 4.84. The molecule has 2 heteroatoms. The Balaban J connectivity index is 1.85. The van der Waals surface area contributed by atoms with Gasteiger partial charge in [-0.2, -0.15) is 0 Å². The van der Waals surface area contributed by atoms with E-state index in [4.69, 9.17) is 11.2 Å². The molecule has 1 atom stereocenters. The van der Waals surface area contributed by atoms with Gasteiger partial charge in [-0.3, -0.25) is 0 Å². The van der Waals surface area contributed by atoms with E-state index in [1.165, 1.54) is 12.8 Å². The molecular weight excluding hydrogens is 150 g/mol. The predicted molar refractivity (Wildman–Crippen MR) is 49.9 cm³/mol. The monoisotopic (exact) mass is 167 g/mol. The van der Waals surface area contributed by atoms with Crippen molar-refractivity contribution in [1.82, 2.24) is 5.32 Å². The minimum Gasteiger partial charge on any atom is -0.381 e. The van der Waals surface area contributed by atoms with Crippen LogP contribution in [0.3, 0.4) is 0 Å². The number of terminal acetylenes is 1. The number of ether oxygens (including phenoxy) is 1. The molecule has 1 heterocycles. The van der Waals surface area contributed by atoms with E-state index in [-0.39, 0.29) is 0 Å². The van der Waals surface area contributed by atoms with Gasteiger partial charge in [0.15, 0.2) is 0 Å². The van der Waals surface area contributed by atoms with Gasteiger partial charge >= 0.3 is 0 Å². The molecule has 1 aliphatic heterocycles. The van der Waals surface area contributed by atoms with Gasteiger partial charge in [0.2, 0.25) is 0 Å². The van der Waals surface area contributed by atoms with Crippen LogP contribution >= 0.6 is 0 Å². The molecule has 0 spiro atoms. The standard InChI is InChI=1S/C10H17NO/c1-2-3-6-11-7-4-10-5-8-12-9-10/h1,10-11H,3-9H2. The van der Waals surface area contributed by atoms with E-state index in [1.807, 2.05) is 0 Å². The van der Waals surface area contributed by atoms with Crippen molar-refractivity contribution < 1.29 is 4.74 Å². The van der Waals surface area contributed by atoms with Crippen molar-refractivity contribution >= 4 is 0 Å². The molecule has 1 rings (SSSR count). The molecule has 12 heavy (non-hydrogen) atoms. The topological polar surface area (TPSA) is 21.3 Å². The summed E-state index contributed by atoms with van der Waals surface area (Å²) in [6.07, 6.45) is 8.42. The number of hydrogen-bond acceptors (Lipinski definition) is 2. The van der Waals surface area contributed by atoms with E-state index in [0.29, 0.717) is 0 Å². The highest BCUT2D eigenvalue weighted by atomic mass is 16.5. The van der Waals surface area contributed by atoms with Crippen LogP contribution in [0.5, 0.6) is 0 Å². The van der Waals surface area contributed by atoms with Crippen LogP contribution in [-0.2, 0) is 4.74 Å². The third kappa shape index (κ3) is 3.75. The summed E-state index contributed by atoms with van der Waals surface area (Å²) >= 11 is 0. The van der Waals surface area contributed by atoms with E-state index in [1.54, 1.807) is 0 Å². The van der Waals surface area contributed by atoms with Crippen molar-refractivity contribution in [1.29, 1.82) is 0 Å². The second kappa shape index (κ2) is 6.05. The van der Waals surface area contributed by atoms with Gasteiger partial charge in [0.05, 0.1) is 0 Å². The van der Waals surface area contributed by atoms with Crippen LogP contribution in [0.15, 0.2) is 0 Å². The molecule has 0 aromatic carbocycles. The van der Waals surface area contributed by atoms with Crippen LogP contribution in [0.4, 0.5) is 0 Å². The third-order valence-electron chi connectivity index (χ3n) is 2.20. The maximum Gasteiger partial charge on any atom is 0.0495 e. The van der Waals surface area contributed by atoms with E-state index in [0.717, 1.165) is 38.6 Å². The summed E-state index contributed by atoms with van der Waals surface area (Å²) in [6.45, 7) is 3.94. The van der Waals surface area contributed by atoms with Crippen LogP contribution in [-0.4, -0.2) is 26.3 Å². The van der Waals surface area contributed by atoms with Crippen LogP contribution in [0.1, 0.15) is 19.3 Å². The summed E-state index contributed by atoms with van der Waals surface area (Å²) in [5.41, 5.74) is 0. The third-order valence-corrected chi connectivity index (χ3v) is 2.20. The smallest absolute Gasteiger partial charge is 0.0495 e. The first-order valence-electron chi connectivity index (χ1n) is 4.65. The van der Waals surface area contributed by atoms with E-state index in [2.05, 4.69) is 11.2 Å². The Kier molecular flexibility index (Phi) is 4.82. The Morgan fingerprint density at radius 3 is 3.08 bits per heavy atom. The van der Waals surface area contributed by atoms with Gasteiger partial charge < -0.3 is 10.1 Å². The molecule has 2 nitrogen and oxygen atoms in total. The minimum absolute atomic E-state index is 0.781. The number of rotatable bonds is 5. The molecule has 1 saturated heterocycles. The van der Waals surface area contributed by atoms with Gasteiger partial charge in [-0.05, 0) is 25.3 Å². The average Bonchev–Trinajstić information content (AvgIpc) is 2.57. The molecule has 0 saturated carbocycles. The normalized spacial score (nSPS) is 22.4. The summed E-state index contributed by atoms with van der Waals surface area (Å²) in [6, 6.07) is 0. The lowest BCUT2D eigenvalue weighted by atomic mass is 10.1.